The van der Waals surface area contributed by atoms with Crippen LogP contribution in [0.3, 0.4) is 0 Å². The van der Waals surface area contributed by atoms with Gasteiger partial charge in [0, 0.05) is 13.6 Å². The first-order chi connectivity index (χ1) is 18.8. The number of urea groups is 1. The van der Waals surface area contributed by atoms with Crippen LogP contribution in [0.2, 0.25) is 0 Å². The summed E-state index contributed by atoms with van der Waals surface area (Å²) in [6.45, 7) is 8.64. The molecule has 1 aliphatic rings. The minimum absolute atomic E-state index is 0.0593. The summed E-state index contributed by atoms with van der Waals surface area (Å²) in [5.41, 5.74) is -2.38. The van der Waals surface area contributed by atoms with Gasteiger partial charge in [0.05, 0.1) is 29.3 Å². The SMILES string of the molecule is Cc1ccccc1C1C(NC(=O)OC(C)(C)C)CCCN1C(=O)N(C)[C@H](C)c1cc(C(F)(F)F)cc(C(F)(F)F)c1. The Kier molecular flexibility index (Phi) is 9.24. The lowest BCUT2D eigenvalue weighted by atomic mass is 9.88. The van der Waals surface area contributed by atoms with Crippen molar-refractivity contribution in [1.29, 1.82) is 0 Å². The van der Waals surface area contributed by atoms with E-state index >= 15 is 0 Å². The van der Waals surface area contributed by atoms with Crippen molar-refractivity contribution < 1.29 is 40.7 Å². The Bertz CT molecular complexity index is 1220. The molecule has 1 aliphatic heterocycles. The monoisotopic (exact) mass is 587 g/mol. The molecular weight excluding hydrogens is 552 g/mol. The van der Waals surface area contributed by atoms with Gasteiger partial charge in [-0.25, -0.2) is 9.59 Å². The molecule has 1 heterocycles. The van der Waals surface area contributed by atoms with Crippen LogP contribution >= 0.6 is 0 Å². The number of nitrogens with one attached hydrogen (secondary N) is 1. The molecule has 3 amide bonds. The highest BCUT2D eigenvalue weighted by Gasteiger charge is 2.41. The summed E-state index contributed by atoms with van der Waals surface area (Å²) < 4.78 is 86.3. The third-order valence-corrected chi connectivity index (χ3v) is 7.06. The van der Waals surface area contributed by atoms with Crippen LogP contribution in [0, 0.1) is 6.92 Å². The number of hydrogen-bond acceptors (Lipinski definition) is 3. The Labute approximate surface area is 235 Å². The highest BCUT2D eigenvalue weighted by molar-refractivity contribution is 5.76. The number of benzene rings is 2. The van der Waals surface area contributed by atoms with Crippen LogP contribution < -0.4 is 5.32 Å². The average Bonchev–Trinajstić information content (AvgIpc) is 2.85. The highest BCUT2D eigenvalue weighted by atomic mass is 19.4. The van der Waals surface area contributed by atoms with Gasteiger partial charge < -0.3 is 19.9 Å². The first-order valence-corrected chi connectivity index (χ1v) is 13.2. The lowest BCUT2D eigenvalue weighted by molar-refractivity contribution is -0.143. The number of nitrogens with zero attached hydrogens (tertiary/aromatic N) is 2. The lowest BCUT2D eigenvalue weighted by Gasteiger charge is -2.44. The van der Waals surface area contributed by atoms with Crippen LogP contribution in [-0.2, 0) is 17.1 Å². The number of carbonyl (C=O) groups is 2. The number of rotatable bonds is 4. The molecule has 0 radical (unpaired) electrons. The zero-order valence-corrected chi connectivity index (χ0v) is 23.8. The predicted octanol–water partition coefficient (Wildman–Crippen LogP) is 7.88. The normalized spacial score (nSPS) is 19.0. The zero-order valence-electron chi connectivity index (χ0n) is 23.8. The number of alkyl halides is 6. The number of likely N-dealkylation sites (tertiary alicyclic amines) is 1. The molecule has 3 rings (SSSR count). The fraction of sp³-hybridized carbons (Fsp3) is 0.517. The Hall–Kier alpha value is -3.44. The number of halogens is 6. The molecule has 41 heavy (non-hydrogen) atoms. The maximum Gasteiger partial charge on any atom is 0.416 e. The number of alkyl carbamates (subject to hydrolysis) is 1. The first-order valence-electron chi connectivity index (χ1n) is 13.2. The summed E-state index contributed by atoms with van der Waals surface area (Å²) in [6.07, 6.45) is -9.67. The second-order valence-corrected chi connectivity index (χ2v) is 11.3. The van der Waals surface area contributed by atoms with Crippen molar-refractivity contribution in [3.63, 3.8) is 0 Å². The molecule has 0 aromatic heterocycles. The van der Waals surface area contributed by atoms with Crippen molar-refractivity contribution in [1.82, 2.24) is 15.1 Å². The number of piperidine rings is 1. The van der Waals surface area contributed by atoms with E-state index < -0.39 is 59.3 Å². The average molecular weight is 588 g/mol. The molecule has 0 bridgehead atoms. The molecule has 2 aromatic carbocycles. The van der Waals surface area contributed by atoms with Gasteiger partial charge in [-0.3, -0.25) is 0 Å². The zero-order chi connectivity index (χ0) is 30.9. The highest BCUT2D eigenvalue weighted by Crippen LogP contribution is 2.39. The fourth-order valence-corrected chi connectivity index (χ4v) is 4.94. The van der Waals surface area contributed by atoms with Crippen LogP contribution in [0.15, 0.2) is 42.5 Å². The van der Waals surface area contributed by atoms with Gasteiger partial charge in [0.1, 0.15) is 5.60 Å². The maximum absolute atomic E-state index is 13.9. The largest absolute Gasteiger partial charge is 0.444 e. The predicted molar refractivity (Wildman–Crippen MR) is 141 cm³/mol. The van der Waals surface area contributed by atoms with Crippen molar-refractivity contribution in [2.75, 3.05) is 13.6 Å². The Morgan fingerprint density at radius 1 is 1.00 bits per heavy atom. The molecule has 0 spiro atoms. The van der Waals surface area contributed by atoms with Crippen LogP contribution in [0.25, 0.3) is 0 Å². The van der Waals surface area contributed by atoms with E-state index in [4.69, 9.17) is 4.74 Å². The van der Waals surface area contributed by atoms with Gasteiger partial charge in [-0.15, -0.1) is 0 Å². The smallest absolute Gasteiger partial charge is 0.416 e. The molecule has 0 aliphatic carbocycles. The Balaban J connectivity index is 1.99. The Morgan fingerprint density at radius 2 is 1.56 bits per heavy atom. The minimum atomic E-state index is -5.01. The summed E-state index contributed by atoms with van der Waals surface area (Å²) in [7, 11) is 1.33. The summed E-state index contributed by atoms with van der Waals surface area (Å²) in [6, 6.07) is 5.65. The molecule has 0 saturated carbocycles. The summed E-state index contributed by atoms with van der Waals surface area (Å²) in [4.78, 5) is 29.2. The van der Waals surface area contributed by atoms with Crippen molar-refractivity contribution in [3.8, 4) is 0 Å². The van der Waals surface area contributed by atoms with Crippen LogP contribution in [0.5, 0.6) is 0 Å². The van der Waals surface area contributed by atoms with Crippen molar-refractivity contribution in [3.05, 3.63) is 70.3 Å². The Morgan fingerprint density at radius 3 is 2.07 bits per heavy atom. The van der Waals surface area contributed by atoms with E-state index in [0.717, 1.165) is 16.0 Å². The minimum Gasteiger partial charge on any atom is -0.444 e. The van der Waals surface area contributed by atoms with Crippen LogP contribution in [-0.4, -0.2) is 47.2 Å². The van der Waals surface area contributed by atoms with E-state index in [1.54, 1.807) is 26.8 Å². The van der Waals surface area contributed by atoms with Crippen LogP contribution in [0.4, 0.5) is 35.9 Å². The van der Waals surface area contributed by atoms with E-state index in [0.29, 0.717) is 25.0 Å². The number of aryl methyl sites for hydroxylation is 1. The molecule has 226 valence electrons. The quantitative estimate of drug-likeness (QED) is 0.370. The molecule has 12 heteroatoms. The first kappa shape index (κ1) is 32.1. The topological polar surface area (TPSA) is 61.9 Å². The summed E-state index contributed by atoms with van der Waals surface area (Å²) >= 11 is 0. The molecule has 2 unspecified atom stereocenters. The molecular formula is C29H35F6N3O3. The molecule has 3 atom stereocenters. The van der Waals surface area contributed by atoms with E-state index in [1.807, 2.05) is 25.1 Å². The number of carbonyl (C=O) groups excluding carboxylic acids is 2. The molecule has 2 aromatic rings. The summed E-state index contributed by atoms with van der Waals surface area (Å²) in [5, 5.41) is 2.86. The fourth-order valence-electron chi connectivity index (χ4n) is 4.94. The number of ether oxygens (including phenoxy) is 1. The maximum atomic E-state index is 13.9. The van der Waals surface area contributed by atoms with E-state index in [2.05, 4.69) is 5.32 Å². The van der Waals surface area contributed by atoms with Gasteiger partial charge in [0.25, 0.3) is 0 Å². The second kappa shape index (κ2) is 11.8. The van der Waals surface area contributed by atoms with Crippen LogP contribution in [0.1, 0.15) is 80.4 Å². The third kappa shape index (κ3) is 7.85. The molecule has 1 fully saturated rings. The standard InChI is InChI=1S/C29H35F6N3O3/c1-17-10-7-8-11-22(17)24-23(36-25(39)41-27(3,4)5)12-9-13-38(24)26(40)37(6)18(2)19-14-20(28(30,31)32)16-21(15-19)29(33,34)35/h7-8,10-11,14-16,18,23-24H,9,12-13H2,1-6H3,(H,36,39)/t18-,23?,24?/m1/s1. The van der Waals surface area contributed by atoms with Gasteiger partial charge >= 0.3 is 24.5 Å². The molecule has 1 saturated heterocycles. The van der Waals surface area contributed by atoms with E-state index in [9.17, 15) is 35.9 Å². The van der Waals surface area contributed by atoms with Crippen molar-refractivity contribution >= 4 is 12.1 Å². The van der Waals surface area contributed by atoms with Gasteiger partial charge in [-0.05, 0) is 82.3 Å². The van der Waals surface area contributed by atoms with Crippen molar-refractivity contribution in [2.45, 2.75) is 83.5 Å². The summed E-state index contributed by atoms with van der Waals surface area (Å²) in [5.74, 6) is 0. The second-order valence-electron chi connectivity index (χ2n) is 11.3. The van der Waals surface area contributed by atoms with Gasteiger partial charge in [0.15, 0.2) is 0 Å². The van der Waals surface area contributed by atoms with E-state index in [-0.39, 0.29) is 18.2 Å². The van der Waals surface area contributed by atoms with Gasteiger partial charge in [-0.1, -0.05) is 24.3 Å². The lowest BCUT2D eigenvalue weighted by Crippen LogP contribution is -2.55. The van der Waals surface area contributed by atoms with Crippen molar-refractivity contribution in [2.24, 2.45) is 0 Å². The third-order valence-electron chi connectivity index (χ3n) is 7.06. The molecule has 1 N–H and O–H groups in total. The molecule has 6 nitrogen and oxygen atoms in total. The van der Waals surface area contributed by atoms with Gasteiger partial charge in [0.2, 0.25) is 0 Å². The number of amides is 3. The van der Waals surface area contributed by atoms with E-state index in [1.165, 1.54) is 18.9 Å². The number of hydrogen-bond donors (Lipinski definition) is 1. The van der Waals surface area contributed by atoms with Gasteiger partial charge in [-0.2, -0.15) is 26.3 Å².